The minimum atomic E-state index is -0.301. The first-order valence-corrected chi connectivity index (χ1v) is 6.26. The summed E-state index contributed by atoms with van der Waals surface area (Å²) in [7, 11) is 0. The molecular formula is C13H18BrNO2. The van der Waals surface area contributed by atoms with Gasteiger partial charge in [0.25, 0.3) is 0 Å². The van der Waals surface area contributed by atoms with Crippen molar-refractivity contribution in [3.8, 4) is 0 Å². The third-order valence-corrected chi connectivity index (χ3v) is 2.42. The molecule has 1 aromatic rings. The lowest BCUT2D eigenvalue weighted by Gasteiger charge is -2.19. The molecule has 1 rings (SSSR count). The molecule has 0 heterocycles. The van der Waals surface area contributed by atoms with Gasteiger partial charge in [-0.3, -0.25) is 4.79 Å². The maximum Gasteiger partial charge on any atom is 0.250 e. The van der Waals surface area contributed by atoms with E-state index < -0.39 is 0 Å². The lowest BCUT2D eigenvalue weighted by atomic mass is 10.2. The summed E-state index contributed by atoms with van der Waals surface area (Å²) in [5.74, 6) is -0.141. The van der Waals surface area contributed by atoms with Crippen LogP contribution in [0.5, 0.6) is 0 Å². The summed E-state index contributed by atoms with van der Waals surface area (Å²) in [6, 6.07) is 5.77. The van der Waals surface area contributed by atoms with E-state index in [1.54, 1.807) is 0 Å². The molecule has 17 heavy (non-hydrogen) atoms. The monoisotopic (exact) mass is 299 g/mol. The van der Waals surface area contributed by atoms with Gasteiger partial charge in [0, 0.05) is 10.2 Å². The van der Waals surface area contributed by atoms with Crippen molar-refractivity contribution in [2.24, 2.45) is 0 Å². The smallest absolute Gasteiger partial charge is 0.250 e. The SMILES string of the molecule is Cc1cc(Br)cc(NC(=O)COC(C)(C)C)c1. The lowest BCUT2D eigenvalue weighted by molar-refractivity contribution is -0.125. The molecule has 0 aromatic heterocycles. The molecule has 0 aliphatic heterocycles. The molecule has 4 heteroatoms. The highest BCUT2D eigenvalue weighted by molar-refractivity contribution is 9.10. The number of halogens is 1. The summed E-state index contributed by atoms with van der Waals surface area (Å²) in [5, 5.41) is 2.80. The molecule has 0 saturated carbocycles. The van der Waals surface area contributed by atoms with Gasteiger partial charge in [0.1, 0.15) is 6.61 Å². The summed E-state index contributed by atoms with van der Waals surface area (Å²) in [5.41, 5.74) is 1.57. The van der Waals surface area contributed by atoms with E-state index in [1.807, 2.05) is 45.9 Å². The van der Waals surface area contributed by atoms with E-state index >= 15 is 0 Å². The Labute approximate surface area is 111 Å². The first-order valence-electron chi connectivity index (χ1n) is 5.47. The molecule has 0 saturated heterocycles. The number of nitrogens with one attached hydrogen (secondary N) is 1. The highest BCUT2D eigenvalue weighted by Crippen LogP contribution is 2.19. The topological polar surface area (TPSA) is 38.3 Å². The van der Waals surface area contributed by atoms with Crippen LogP contribution in [0.1, 0.15) is 26.3 Å². The zero-order valence-corrected chi connectivity index (χ0v) is 12.2. The highest BCUT2D eigenvalue weighted by Gasteiger charge is 2.13. The largest absolute Gasteiger partial charge is 0.366 e. The number of hydrogen-bond donors (Lipinski definition) is 1. The molecule has 0 aliphatic rings. The zero-order chi connectivity index (χ0) is 13.1. The van der Waals surface area contributed by atoms with Crippen molar-refractivity contribution in [3.63, 3.8) is 0 Å². The lowest BCUT2D eigenvalue weighted by Crippen LogP contribution is -2.27. The van der Waals surface area contributed by atoms with E-state index in [1.165, 1.54) is 0 Å². The predicted molar refractivity (Wildman–Crippen MR) is 73.2 cm³/mol. The van der Waals surface area contributed by atoms with Gasteiger partial charge < -0.3 is 10.1 Å². The molecule has 1 N–H and O–H groups in total. The van der Waals surface area contributed by atoms with Crippen LogP contribution >= 0.6 is 15.9 Å². The number of carbonyl (C=O) groups is 1. The maximum absolute atomic E-state index is 11.6. The van der Waals surface area contributed by atoms with Crippen molar-refractivity contribution < 1.29 is 9.53 Å². The molecule has 0 bridgehead atoms. The fourth-order valence-corrected chi connectivity index (χ4v) is 1.90. The van der Waals surface area contributed by atoms with Crippen LogP contribution < -0.4 is 5.32 Å². The van der Waals surface area contributed by atoms with Crippen molar-refractivity contribution in [1.82, 2.24) is 0 Å². The van der Waals surface area contributed by atoms with E-state index in [2.05, 4.69) is 21.2 Å². The van der Waals surface area contributed by atoms with Crippen molar-refractivity contribution in [2.45, 2.75) is 33.3 Å². The Morgan fingerprint density at radius 2 is 2.00 bits per heavy atom. The Balaban J connectivity index is 2.56. The van der Waals surface area contributed by atoms with E-state index in [0.29, 0.717) is 0 Å². The van der Waals surface area contributed by atoms with E-state index in [4.69, 9.17) is 4.74 Å². The minimum Gasteiger partial charge on any atom is -0.366 e. The molecule has 0 unspecified atom stereocenters. The van der Waals surface area contributed by atoms with Gasteiger partial charge >= 0.3 is 0 Å². The van der Waals surface area contributed by atoms with Crippen LogP contribution in [0, 0.1) is 6.92 Å². The minimum absolute atomic E-state index is 0.0645. The number of carbonyl (C=O) groups excluding carboxylic acids is 1. The van der Waals surface area contributed by atoms with Gasteiger partial charge in [-0.15, -0.1) is 0 Å². The van der Waals surface area contributed by atoms with Gasteiger partial charge in [-0.2, -0.15) is 0 Å². The molecule has 0 spiro atoms. The Morgan fingerprint density at radius 3 is 2.53 bits per heavy atom. The normalized spacial score (nSPS) is 11.4. The van der Waals surface area contributed by atoms with E-state index in [0.717, 1.165) is 15.7 Å². The standard InChI is InChI=1S/C13H18BrNO2/c1-9-5-10(14)7-11(6-9)15-12(16)8-17-13(2,3)4/h5-7H,8H2,1-4H3,(H,15,16). The van der Waals surface area contributed by atoms with Crippen LogP contribution in [-0.4, -0.2) is 18.1 Å². The summed E-state index contributed by atoms with van der Waals surface area (Å²) in [6.07, 6.45) is 0. The quantitative estimate of drug-likeness (QED) is 0.927. The van der Waals surface area contributed by atoms with Crippen LogP contribution in [0.25, 0.3) is 0 Å². The fraction of sp³-hybridized carbons (Fsp3) is 0.462. The number of ether oxygens (including phenoxy) is 1. The van der Waals surface area contributed by atoms with Gasteiger partial charge in [-0.1, -0.05) is 15.9 Å². The highest BCUT2D eigenvalue weighted by atomic mass is 79.9. The second-order valence-corrected chi connectivity index (χ2v) is 5.88. The molecule has 3 nitrogen and oxygen atoms in total. The van der Waals surface area contributed by atoms with Gasteiger partial charge in [0.05, 0.1) is 5.60 Å². The molecule has 0 atom stereocenters. The number of aryl methyl sites for hydroxylation is 1. The molecule has 1 amide bonds. The Hall–Kier alpha value is -0.870. The van der Waals surface area contributed by atoms with Crippen LogP contribution in [0.4, 0.5) is 5.69 Å². The molecule has 94 valence electrons. The average molecular weight is 300 g/mol. The first kappa shape index (κ1) is 14.2. The van der Waals surface area contributed by atoms with E-state index in [9.17, 15) is 4.79 Å². The zero-order valence-electron chi connectivity index (χ0n) is 10.6. The number of rotatable bonds is 3. The van der Waals surface area contributed by atoms with E-state index in [-0.39, 0.29) is 18.1 Å². The fourth-order valence-electron chi connectivity index (χ4n) is 1.29. The molecular weight excluding hydrogens is 282 g/mol. The predicted octanol–water partition coefficient (Wildman–Crippen LogP) is 3.51. The van der Waals surface area contributed by atoms with Gasteiger partial charge in [-0.25, -0.2) is 0 Å². The molecule has 1 aromatic carbocycles. The number of hydrogen-bond acceptors (Lipinski definition) is 2. The van der Waals surface area contributed by atoms with Crippen LogP contribution in [-0.2, 0) is 9.53 Å². The maximum atomic E-state index is 11.6. The van der Waals surface area contributed by atoms with Crippen LogP contribution in [0.15, 0.2) is 22.7 Å². The second kappa shape index (κ2) is 5.65. The third kappa shape index (κ3) is 5.84. The number of benzene rings is 1. The van der Waals surface area contributed by atoms with Crippen LogP contribution in [0.3, 0.4) is 0 Å². The van der Waals surface area contributed by atoms with Gasteiger partial charge in [-0.05, 0) is 51.5 Å². The van der Waals surface area contributed by atoms with Crippen LogP contribution in [0.2, 0.25) is 0 Å². The van der Waals surface area contributed by atoms with Gasteiger partial charge in [0.15, 0.2) is 0 Å². The van der Waals surface area contributed by atoms with Gasteiger partial charge in [0.2, 0.25) is 5.91 Å². The molecule has 0 radical (unpaired) electrons. The van der Waals surface area contributed by atoms with Crippen molar-refractivity contribution in [1.29, 1.82) is 0 Å². The van der Waals surface area contributed by atoms with Crippen molar-refractivity contribution in [2.75, 3.05) is 11.9 Å². The summed E-state index contributed by atoms with van der Waals surface area (Å²) in [4.78, 5) is 11.6. The molecule has 0 aliphatic carbocycles. The summed E-state index contributed by atoms with van der Waals surface area (Å²) in [6.45, 7) is 7.80. The molecule has 0 fully saturated rings. The Bertz CT molecular complexity index is 390. The third-order valence-electron chi connectivity index (χ3n) is 1.96. The Morgan fingerprint density at radius 1 is 1.35 bits per heavy atom. The average Bonchev–Trinajstić information content (AvgIpc) is 2.11. The number of anilines is 1. The van der Waals surface area contributed by atoms with Crippen molar-refractivity contribution in [3.05, 3.63) is 28.2 Å². The first-order chi connectivity index (χ1) is 7.76. The second-order valence-electron chi connectivity index (χ2n) is 4.97. The van der Waals surface area contributed by atoms with Crippen molar-refractivity contribution >= 4 is 27.5 Å². The summed E-state index contributed by atoms with van der Waals surface area (Å²) >= 11 is 3.39. The number of amides is 1. The Kier molecular flexibility index (Phi) is 4.71. The summed E-state index contributed by atoms with van der Waals surface area (Å²) < 4.78 is 6.35.